The number of fused-ring (bicyclic) bond motifs is 1. The summed E-state index contributed by atoms with van der Waals surface area (Å²) in [6.45, 7) is 2.95. The molecule has 0 bridgehead atoms. The molecule has 1 fully saturated rings. The van der Waals surface area contributed by atoms with Crippen molar-refractivity contribution in [3.63, 3.8) is 0 Å². The quantitative estimate of drug-likeness (QED) is 0.713. The zero-order chi connectivity index (χ0) is 19.0. The molecule has 5 nitrogen and oxygen atoms in total. The average Bonchev–Trinajstić information content (AvgIpc) is 2.70. The number of nitrogens with zero attached hydrogens (tertiary/aromatic N) is 1. The van der Waals surface area contributed by atoms with Crippen molar-refractivity contribution in [2.75, 3.05) is 13.1 Å². The van der Waals surface area contributed by atoms with Crippen LogP contribution in [0.4, 0.5) is 0 Å². The third kappa shape index (κ3) is 3.55. The first-order valence-electron chi connectivity index (χ1n) is 9.23. The van der Waals surface area contributed by atoms with Crippen LogP contribution in [0.25, 0.3) is 22.3 Å². The molecule has 1 amide bonds. The highest BCUT2D eigenvalue weighted by molar-refractivity contribution is 6.05. The second-order valence-electron chi connectivity index (χ2n) is 7.09. The van der Waals surface area contributed by atoms with Crippen molar-refractivity contribution >= 4 is 29.3 Å². The van der Waals surface area contributed by atoms with E-state index in [2.05, 4.69) is 0 Å². The molecule has 1 aromatic heterocycles. The summed E-state index contributed by atoms with van der Waals surface area (Å²) in [5.74, 6) is 0.366. The molecule has 1 atom stereocenters. The molecule has 0 saturated carbocycles. The highest BCUT2D eigenvalue weighted by atomic mass is 35.5. The Kier molecular flexibility index (Phi) is 5.87. The topological polar surface area (TPSA) is 76.5 Å². The number of para-hydroxylation sites is 1. The standard InChI is InChI=1S/C22H22N2O3.ClH/c1-14-19(25)17-10-5-11-18(22(26)24-12-6-9-16(23)13-24)21(17)27-20(14)15-7-3-2-4-8-15;/h2-5,7-8,10-11,16H,6,9,12-13,23H2,1H3;1H. The molecule has 1 unspecified atom stereocenters. The summed E-state index contributed by atoms with van der Waals surface area (Å²) in [5.41, 5.74) is 8.03. The van der Waals surface area contributed by atoms with Crippen LogP contribution >= 0.6 is 12.4 Å². The molecule has 0 aliphatic carbocycles. The van der Waals surface area contributed by atoms with Crippen molar-refractivity contribution < 1.29 is 9.21 Å². The van der Waals surface area contributed by atoms with Crippen molar-refractivity contribution in [1.82, 2.24) is 4.90 Å². The Morgan fingerprint density at radius 2 is 1.89 bits per heavy atom. The zero-order valence-corrected chi connectivity index (χ0v) is 16.5. The number of hydrogen-bond donors (Lipinski definition) is 1. The molecule has 1 aliphatic heterocycles. The van der Waals surface area contributed by atoms with Gasteiger partial charge >= 0.3 is 0 Å². The van der Waals surface area contributed by atoms with Gasteiger partial charge in [-0.15, -0.1) is 12.4 Å². The lowest BCUT2D eigenvalue weighted by molar-refractivity contribution is 0.0709. The van der Waals surface area contributed by atoms with Gasteiger partial charge in [0.15, 0.2) is 11.0 Å². The van der Waals surface area contributed by atoms with E-state index in [1.165, 1.54) is 0 Å². The van der Waals surface area contributed by atoms with Crippen molar-refractivity contribution in [2.45, 2.75) is 25.8 Å². The fourth-order valence-corrected chi connectivity index (χ4v) is 3.71. The number of likely N-dealkylation sites (tertiary alicyclic amines) is 1. The van der Waals surface area contributed by atoms with E-state index in [0.29, 0.717) is 40.9 Å². The first-order valence-corrected chi connectivity index (χ1v) is 9.23. The molecule has 6 heteroatoms. The van der Waals surface area contributed by atoms with E-state index in [1.807, 2.05) is 30.3 Å². The van der Waals surface area contributed by atoms with Crippen molar-refractivity contribution in [3.8, 4) is 11.3 Å². The van der Waals surface area contributed by atoms with Gasteiger partial charge in [0, 0.05) is 30.3 Å². The number of hydrogen-bond acceptors (Lipinski definition) is 4. The van der Waals surface area contributed by atoms with E-state index in [0.717, 1.165) is 18.4 Å². The second kappa shape index (κ2) is 8.17. The molecule has 2 N–H and O–H groups in total. The summed E-state index contributed by atoms with van der Waals surface area (Å²) in [5, 5.41) is 0.430. The SMILES string of the molecule is Cc1c(-c2ccccc2)oc2c(C(=O)N3CCCC(N)C3)cccc2c1=O.Cl. The summed E-state index contributed by atoms with van der Waals surface area (Å²) in [7, 11) is 0. The minimum Gasteiger partial charge on any atom is -0.455 e. The van der Waals surface area contributed by atoms with Crippen molar-refractivity contribution in [3.05, 3.63) is 69.9 Å². The Hall–Kier alpha value is -2.63. The van der Waals surface area contributed by atoms with Crippen LogP contribution in [0, 0.1) is 6.92 Å². The van der Waals surface area contributed by atoms with Crippen molar-refractivity contribution in [2.24, 2.45) is 5.73 Å². The molecule has 1 saturated heterocycles. The van der Waals surface area contributed by atoms with E-state index < -0.39 is 0 Å². The minimum absolute atomic E-state index is 0. The third-order valence-electron chi connectivity index (χ3n) is 5.16. The molecule has 28 heavy (non-hydrogen) atoms. The molecular weight excluding hydrogens is 376 g/mol. The Balaban J connectivity index is 0.00000225. The molecule has 0 radical (unpaired) electrons. The van der Waals surface area contributed by atoms with E-state index in [4.69, 9.17) is 10.2 Å². The van der Waals surface area contributed by atoms with Crippen molar-refractivity contribution in [1.29, 1.82) is 0 Å². The lowest BCUT2D eigenvalue weighted by atomic mass is 10.0. The van der Waals surface area contributed by atoms with Gasteiger partial charge in [-0.3, -0.25) is 9.59 Å². The van der Waals surface area contributed by atoms with Gasteiger partial charge in [0.25, 0.3) is 5.91 Å². The Morgan fingerprint density at radius 1 is 1.14 bits per heavy atom. The van der Waals surface area contributed by atoms with Gasteiger partial charge in [0.05, 0.1) is 10.9 Å². The van der Waals surface area contributed by atoms with Gasteiger partial charge in [-0.1, -0.05) is 36.4 Å². The number of benzene rings is 2. The predicted octanol–water partition coefficient (Wildman–Crippen LogP) is 3.75. The number of rotatable bonds is 2. The lowest BCUT2D eigenvalue weighted by Crippen LogP contribution is -2.45. The highest BCUT2D eigenvalue weighted by Crippen LogP contribution is 2.28. The van der Waals surface area contributed by atoms with Crippen LogP contribution < -0.4 is 11.2 Å². The largest absolute Gasteiger partial charge is 0.455 e. The molecule has 146 valence electrons. The summed E-state index contributed by atoms with van der Waals surface area (Å²) in [6.07, 6.45) is 1.81. The van der Waals surface area contributed by atoms with Crippen LogP contribution in [-0.4, -0.2) is 29.9 Å². The maximum absolute atomic E-state index is 13.1. The number of nitrogens with two attached hydrogens (primary N) is 1. The predicted molar refractivity (Wildman–Crippen MR) is 113 cm³/mol. The van der Waals surface area contributed by atoms with Gasteiger partial charge in [0.2, 0.25) is 0 Å². The number of carbonyl (C=O) groups excluding carboxylic acids is 1. The molecule has 2 heterocycles. The van der Waals surface area contributed by atoms with Crippen LogP contribution in [0.5, 0.6) is 0 Å². The van der Waals surface area contributed by atoms with E-state index in [-0.39, 0.29) is 29.8 Å². The first kappa shape index (κ1) is 20.1. The van der Waals surface area contributed by atoms with Gasteiger partial charge < -0.3 is 15.1 Å². The Labute approximate surface area is 169 Å². The summed E-state index contributed by atoms with van der Waals surface area (Å²) in [6, 6.07) is 14.6. The normalized spacial score (nSPS) is 16.6. The average molecular weight is 399 g/mol. The van der Waals surface area contributed by atoms with Gasteiger partial charge in [-0.05, 0) is 31.9 Å². The number of amides is 1. The van der Waals surface area contributed by atoms with Crippen LogP contribution in [-0.2, 0) is 0 Å². The minimum atomic E-state index is -0.137. The smallest absolute Gasteiger partial charge is 0.257 e. The first-order chi connectivity index (χ1) is 13.1. The number of halogens is 1. The Morgan fingerprint density at radius 3 is 2.61 bits per heavy atom. The highest BCUT2D eigenvalue weighted by Gasteiger charge is 2.25. The molecule has 4 rings (SSSR count). The van der Waals surface area contributed by atoms with Gasteiger partial charge in [-0.25, -0.2) is 0 Å². The molecule has 3 aromatic rings. The fourth-order valence-electron chi connectivity index (χ4n) is 3.71. The van der Waals surface area contributed by atoms with Crippen LogP contribution in [0.1, 0.15) is 28.8 Å². The van der Waals surface area contributed by atoms with E-state index in [9.17, 15) is 9.59 Å². The van der Waals surface area contributed by atoms with Crippen LogP contribution in [0.15, 0.2) is 57.7 Å². The monoisotopic (exact) mass is 398 g/mol. The fraction of sp³-hybridized carbons (Fsp3) is 0.273. The second-order valence-corrected chi connectivity index (χ2v) is 7.09. The maximum Gasteiger partial charge on any atom is 0.257 e. The molecule has 2 aromatic carbocycles. The number of carbonyl (C=O) groups is 1. The van der Waals surface area contributed by atoms with E-state index in [1.54, 1.807) is 30.0 Å². The lowest BCUT2D eigenvalue weighted by Gasteiger charge is -2.30. The van der Waals surface area contributed by atoms with Gasteiger partial charge in [0.1, 0.15) is 5.76 Å². The third-order valence-corrected chi connectivity index (χ3v) is 5.16. The number of piperidine rings is 1. The van der Waals surface area contributed by atoms with E-state index >= 15 is 0 Å². The Bertz CT molecular complexity index is 1060. The maximum atomic E-state index is 13.1. The van der Waals surface area contributed by atoms with Gasteiger partial charge in [-0.2, -0.15) is 0 Å². The van der Waals surface area contributed by atoms with Crippen LogP contribution in [0.2, 0.25) is 0 Å². The molecular formula is C22H23ClN2O3. The van der Waals surface area contributed by atoms with Crippen LogP contribution in [0.3, 0.4) is 0 Å². The summed E-state index contributed by atoms with van der Waals surface area (Å²) >= 11 is 0. The summed E-state index contributed by atoms with van der Waals surface area (Å²) < 4.78 is 6.15. The molecule has 0 spiro atoms. The molecule has 1 aliphatic rings. The summed E-state index contributed by atoms with van der Waals surface area (Å²) in [4.78, 5) is 27.8. The zero-order valence-electron chi connectivity index (χ0n) is 15.7.